The fraction of sp³-hybridized carbons (Fsp3) is 0.167. The van der Waals surface area contributed by atoms with E-state index in [2.05, 4.69) is 10.2 Å². The van der Waals surface area contributed by atoms with Gasteiger partial charge >= 0.3 is 0 Å². The molecule has 0 aliphatic heterocycles. The molecule has 1 aromatic carbocycles. The first-order valence-electron chi connectivity index (χ1n) is 4.97. The Bertz CT molecular complexity index is 502. The van der Waals surface area contributed by atoms with Crippen LogP contribution in [0.15, 0.2) is 36.5 Å². The quantitative estimate of drug-likeness (QED) is 0.761. The number of hydrogen-bond donors (Lipinski definition) is 1. The summed E-state index contributed by atoms with van der Waals surface area (Å²) in [6.45, 7) is 0. The average molecular weight is 198 g/mol. The summed E-state index contributed by atoms with van der Waals surface area (Å²) < 4.78 is 0. The predicted octanol–water partition coefficient (Wildman–Crippen LogP) is 1.93. The van der Waals surface area contributed by atoms with Crippen LogP contribution in [0, 0.1) is 0 Å². The Morgan fingerprint density at radius 3 is 2.87 bits per heavy atom. The number of Topliss-reactive ketones (excluding diaryl/α,β-unsaturated/α-hetero) is 1. The van der Waals surface area contributed by atoms with Gasteiger partial charge in [0.05, 0.1) is 5.92 Å². The first-order valence-corrected chi connectivity index (χ1v) is 4.97. The molecular formula is C12H10N2O. The predicted molar refractivity (Wildman–Crippen MR) is 55.8 cm³/mol. The fourth-order valence-electron chi connectivity index (χ4n) is 2.15. The van der Waals surface area contributed by atoms with Gasteiger partial charge in [-0.2, -0.15) is 5.10 Å². The number of rotatable bonds is 1. The fourth-order valence-corrected chi connectivity index (χ4v) is 2.15. The van der Waals surface area contributed by atoms with Crippen molar-refractivity contribution in [2.45, 2.75) is 12.3 Å². The second kappa shape index (κ2) is 3.05. The lowest BCUT2D eigenvalue weighted by atomic mass is 10.0. The molecule has 0 radical (unpaired) electrons. The number of aromatic nitrogens is 2. The van der Waals surface area contributed by atoms with Gasteiger partial charge in [-0.05, 0) is 18.1 Å². The van der Waals surface area contributed by atoms with Crippen molar-refractivity contribution in [3.8, 4) is 0 Å². The normalized spacial score (nSPS) is 19.2. The summed E-state index contributed by atoms with van der Waals surface area (Å²) >= 11 is 0. The van der Waals surface area contributed by atoms with Crippen molar-refractivity contribution < 1.29 is 4.79 Å². The van der Waals surface area contributed by atoms with E-state index in [-0.39, 0.29) is 11.7 Å². The Morgan fingerprint density at radius 1 is 1.27 bits per heavy atom. The largest absolute Gasteiger partial charge is 0.293 e. The lowest BCUT2D eigenvalue weighted by Gasteiger charge is -2.02. The summed E-state index contributed by atoms with van der Waals surface area (Å²) in [5.41, 5.74) is 2.91. The zero-order valence-corrected chi connectivity index (χ0v) is 8.10. The minimum Gasteiger partial charge on any atom is -0.293 e. The highest BCUT2D eigenvalue weighted by atomic mass is 16.1. The third-order valence-corrected chi connectivity index (χ3v) is 2.92. The first-order chi connectivity index (χ1) is 7.36. The summed E-state index contributed by atoms with van der Waals surface area (Å²) in [5, 5.41) is 6.76. The molecule has 2 aromatic rings. The molecule has 3 rings (SSSR count). The van der Waals surface area contributed by atoms with E-state index in [1.807, 2.05) is 30.3 Å². The maximum absolute atomic E-state index is 12.0. The molecule has 0 fully saturated rings. The summed E-state index contributed by atoms with van der Waals surface area (Å²) in [6.07, 6.45) is 2.48. The molecule has 3 heteroatoms. The highest BCUT2D eigenvalue weighted by Crippen LogP contribution is 2.32. The minimum atomic E-state index is -0.0649. The van der Waals surface area contributed by atoms with Crippen molar-refractivity contribution in [3.63, 3.8) is 0 Å². The van der Waals surface area contributed by atoms with Gasteiger partial charge in [-0.25, -0.2) is 0 Å². The SMILES string of the molecule is O=C1c2ccccc2CC1c1ccn[nH]1. The van der Waals surface area contributed by atoms with Crippen molar-refractivity contribution in [1.29, 1.82) is 0 Å². The molecule has 0 saturated carbocycles. The Balaban J connectivity index is 2.04. The van der Waals surface area contributed by atoms with Crippen molar-refractivity contribution >= 4 is 5.78 Å². The number of aromatic amines is 1. The minimum absolute atomic E-state index is 0.0649. The van der Waals surface area contributed by atoms with Crippen molar-refractivity contribution in [2.75, 3.05) is 0 Å². The molecule has 0 spiro atoms. The molecule has 74 valence electrons. The number of nitrogens with one attached hydrogen (secondary N) is 1. The van der Waals surface area contributed by atoms with Crippen molar-refractivity contribution in [3.05, 3.63) is 53.3 Å². The van der Waals surface area contributed by atoms with Crippen molar-refractivity contribution in [2.24, 2.45) is 0 Å². The zero-order valence-electron chi connectivity index (χ0n) is 8.10. The number of carbonyl (C=O) groups excluding carboxylic acids is 1. The van der Waals surface area contributed by atoms with Gasteiger partial charge in [0.1, 0.15) is 0 Å². The molecule has 1 aliphatic carbocycles. The lowest BCUT2D eigenvalue weighted by Crippen LogP contribution is -2.07. The molecule has 1 unspecified atom stereocenters. The van der Waals surface area contributed by atoms with Crippen molar-refractivity contribution in [1.82, 2.24) is 10.2 Å². The molecule has 1 atom stereocenters. The molecule has 0 saturated heterocycles. The van der Waals surface area contributed by atoms with Gasteiger partial charge < -0.3 is 0 Å². The van der Waals surface area contributed by atoms with Gasteiger partial charge in [-0.1, -0.05) is 24.3 Å². The number of H-pyrrole nitrogens is 1. The van der Waals surface area contributed by atoms with Crippen LogP contribution in [0.4, 0.5) is 0 Å². The van der Waals surface area contributed by atoms with E-state index in [4.69, 9.17) is 0 Å². The van der Waals surface area contributed by atoms with Gasteiger partial charge in [-0.15, -0.1) is 0 Å². The van der Waals surface area contributed by atoms with Crippen LogP contribution in [0.2, 0.25) is 0 Å². The smallest absolute Gasteiger partial charge is 0.172 e. The second-order valence-electron chi connectivity index (χ2n) is 3.79. The number of benzene rings is 1. The maximum atomic E-state index is 12.0. The lowest BCUT2D eigenvalue weighted by molar-refractivity contribution is 0.0971. The third kappa shape index (κ3) is 1.20. The number of nitrogens with zero attached hydrogens (tertiary/aromatic N) is 1. The average Bonchev–Trinajstić information content (AvgIpc) is 2.87. The number of carbonyl (C=O) groups is 1. The Morgan fingerprint density at radius 2 is 2.13 bits per heavy atom. The van der Waals surface area contributed by atoms with Crippen LogP contribution in [-0.2, 0) is 6.42 Å². The Labute approximate surface area is 87.1 Å². The van der Waals surface area contributed by atoms with Crippen LogP contribution in [0.1, 0.15) is 27.5 Å². The standard InChI is InChI=1S/C12H10N2O/c15-12-9-4-2-1-3-8(9)7-10(12)11-5-6-13-14-11/h1-6,10H,7H2,(H,13,14). The molecule has 3 nitrogen and oxygen atoms in total. The molecule has 1 aliphatic rings. The van der Waals surface area contributed by atoms with E-state index in [1.165, 1.54) is 0 Å². The van der Waals surface area contributed by atoms with Crippen LogP contribution < -0.4 is 0 Å². The van der Waals surface area contributed by atoms with E-state index in [0.717, 1.165) is 23.2 Å². The molecule has 1 N–H and O–H groups in total. The van der Waals surface area contributed by atoms with Crippen LogP contribution in [0.5, 0.6) is 0 Å². The number of ketones is 1. The number of hydrogen-bond acceptors (Lipinski definition) is 2. The maximum Gasteiger partial charge on any atom is 0.172 e. The van der Waals surface area contributed by atoms with E-state index >= 15 is 0 Å². The van der Waals surface area contributed by atoms with Gasteiger partial charge in [0.2, 0.25) is 0 Å². The molecule has 0 bridgehead atoms. The van der Waals surface area contributed by atoms with Gasteiger partial charge in [-0.3, -0.25) is 9.89 Å². The van der Waals surface area contributed by atoms with Crippen LogP contribution in [0.25, 0.3) is 0 Å². The highest BCUT2D eigenvalue weighted by Gasteiger charge is 2.31. The van der Waals surface area contributed by atoms with Crippen LogP contribution in [-0.4, -0.2) is 16.0 Å². The van der Waals surface area contributed by atoms with Gasteiger partial charge in [0.15, 0.2) is 5.78 Å². The van der Waals surface area contributed by atoms with E-state index in [1.54, 1.807) is 6.20 Å². The number of fused-ring (bicyclic) bond motifs is 1. The van der Waals surface area contributed by atoms with E-state index < -0.39 is 0 Å². The summed E-state index contributed by atoms with van der Waals surface area (Å²) in [4.78, 5) is 12.0. The Hall–Kier alpha value is -1.90. The summed E-state index contributed by atoms with van der Waals surface area (Å²) in [7, 11) is 0. The highest BCUT2D eigenvalue weighted by molar-refractivity contribution is 6.05. The van der Waals surface area contributed by atoms with E-state index in [9.17, 15) is 4.79 Å². The van der Waals surface area contributed by atoms with Gasteiger partial charge in [0.25, 0.3) is 0 Å². The topological polar surface area (TPSA) is 45.8 Å². The molecule has 1 heterocycles. The monoisotopic (exact) mass is 198 g/mol. The Kier molecular flexibility index (Phi) is 1.71. The van der Waals surface area contributed by atoms with Crippen LogP contribution >= 0.6 is 0 Å². The molecular weight excluding hydrogens is 188 g/mol. The molecule has 15 heavy (non-hydrogen) atoms. The second-order valence-corrected chi connectivity index (χ2v) is 3.79. The molecule has 1 aromatic heterocycles. The van der Waals surface area contributed by atoms with Crippen LogP contribution in [0.3, 0.4) is 0 Å². The molecule has 0 amide bonds. The van der Waals surface area contributed by atoms with E-state index in [0.29, 0.717) is 0 Å². The first kappa shape index (κ1) is 8.41. The summed E-state index contributed by atoms with van der Waals surface area (Å²) in [5.74, 6) is 0.139. The zero-order chi connectivity index (χ0) is 10.3. The summed E-state index contributed by atoms with van der Waals surface area (Å²) in [6, 6.07) is 9.67. The van der Waals surface area contributed by atoms with Gasteiger partial charge in [0, 0.05) is 17.5 Å². The third-order valence-electron chi connectivity index (χ3n) is 2.92.